The lowest BCUT2D eigenvalue weighted by molar-refractivity contribution is 0.102. The zero-order chi connectivity index (χ0) is 13.1. The molecule has 0 aliphatic carbocycles. The van der Waals surface area contributed by atoms with E-state index in [1.165, 1.54) is 0 Å². The topological polar surface area (TPSA) is 29.1 Å². The lowest BCUT2D eigenvalue weighted by atomic mass is 10.2. The highest BCUT2D eigenvalue weighted by Crippen LogP contribution is 2.23. The Bertz CT molecular complexity index is 581. The average molecular weight is 325 g/mol. The molecular weight excluding hydrogens is 314 g/mol. The van der Waals surface area contributed by atoms with Crippen LogP contribution in [0.3, 0.4) is 0 Å². The maximum absolute atomic E-state index is 12.0. The number of benzene rings is 2. The molecule has 0 aromatic heterocycles. The van der Waals surface area contributed by atoms with E-state index in [-0.39, 0.29) is 5.91 Å². The van der Waals surface area contributed by atoms with Crippen molar-refractivity contribution in [1.82, 2.24) is 0 Å². The van der Waals surface area contributed by atoms with Gasteiger partial charge in [0, 0.05) is 15.7 Å². The predicted molar refractivity (Wildman–Crippen MR) is 78.3 cm³/mol. The molecule has 2 nitrogen and oxygen atoms in total. The second-order valence-corrected chi connectivity index (χ2v) is 5.21. The van der Waals surface area contributed by atoms with Crippen LogP contribution in [-0.2, 0) is 0 Å². The molecule has 2 aromatic rings. The minimum absolute atomic E-state index is 0.173. The van der Waals surface area contributed by atoms with Crippen molar-refractivity contribution in [3.63, 3.8) is 0 Å². The largest absolute Gasteiger partial charge is 0.322 e. The number of halogens is 2. The van der Waals surface area contributed by atoms with Crippen LogP contribution >= 0.6 is 27.5 Å². The monoisotopic (exact) mass is 323 g/mol. The molecule has 2 rings (SSSR count). The van der Waals surface area contributed by atoms with Crippen LogP contribution in [0, 0.1) is 6.92 Å². The number of carbonyl (C=O) groups is 1. The van der Waals surface area contributed by atoms with Crippen molar-refractivity contribution in [2.24, 2.45) is 0 Å². The number of amides is 1. The van der Waals surface area contributed by atoms with E-state index in [0.717, 1.165) is 15.7 Å². The highest BCUT2D eigenvalue weighted by atomic mass is 79.9. The van der Waals surface area contributed by atoms with E-state index in [0.29, 0.717) is 10.6 Å². The highest BCUT2D eigenvalue weighted by molar-refractivity contribution is 9.10. The van der Waals surface area contributed by atoms with Crippen LogP contribution in [0.2, 0.25) is 5.02 Å². The minimum Gasteiger partial charge on any atom is -0.322 e. The molecule has 0 heterocycles. The summed E-state index contributed by atoms with van der Waals surface area (Å²) in [4.78, 5) is 12.0. The number of anilines is 1. The fourth-order valence-electron chi connectivity index (χ4n) is 1.48. The Morgan fingerprint density at radius 1 is 1.17 bits per heavy atom. The first-order valence-electron chi connectivity index (χ1n) is 5.39. The van der Waals surface area contributed by atoms with Crippen molar-refractivity contribution < 1.29 is 4.79 Å². The molecule has 0 unspecified atom stereocenters. The smallest absolute Gasteiger partial charge is 0.255 e. The van der Waals surface area contributed by atoms with E-state index >= 15 is 0 Å². The van der Waals surface area contributed by atoms with E-state index in [4.69, 9.17) is 11.6 Å². The molecule has 0 aliphatic heterocycles. The highest BCUT2D eigenvalue weighted by Gasteiger charge is 2.08. The van der Waals surface area contributed by atoms with Crippen molar-refractivity contribution in [2.75, 3.05) is 5.32 Å². The van der Waals surface area contributed by atoms with Crippen molar-refractivity contribution >= 4 is 39.1 Å². The number of hydrogen-bond acceptors (Lipinski definition) is 1. The molecule has 18 heavy (non-hydrogen) atoms. The normalized spacial score (nSPS) is 10.2. The van der Waals surface area contributed by atoms with Crippen LogP contribution in [-0.4, -0.2) is 5.91 Å². The summed E-state index contributed by atoms with van der Waals surface area (Å²) in [5, 5.41) is 3.34. The third kappa shape index (κ3) is 3.12. The standard InChI is InChI=1S/C14H11BrClNO/c1-9-2-5-11(6-3-9)17-14(18)10-4-7-12(15)13(16)8-10/h2-8H,1H3,(H,17,18). The van der Waals surface area contributed by atoms with Crippen LogP contribution in [0.1, 0.15) is 15.9 Å². The van der Waals surface area contributed by atoms with Gasteiger partial charge in [-0.25, -0.2) is 0 Å². The first-order chi connectivity index (χ1) is 8.56. The molecule has 0 bridgehead atoms. The molecule has 0 fully saturated rings. The van der Waals surface area contributed by atoms with E-state index < -0.39 is 0 Å². The van der Waals surface area contributed by atoms with Gasteiger partial charge < -0.3 is 5.32 Å². The summed E-state index contributed by atoms with van der Waals surface area (Å²) in [5.74, 6) is -0.173. The van der Waals surface area contributed by atoms with E-state index in [9.17, 15) is 4.79 Å². The second kappa shape index (κ2) is 5.55. The molecule has 0 spiro atoms. The van der Waals surface area contributed by atoms with Crippen LogP contribution < -0.4 is 5.32 Å². The Morgan fingerprint density at radius 3 is 2.44 bits per heavy atom. The van der Waals surface area contributed by atoms with Crippen molar-refractivity contribution in [3.8, 4) is 0 Å². The SMILES string of the molecule is Cc1ccc(NC(=O)c2ccc(Br)c(Cl)c2)cc1. The number of nitrogens with one attached hydrogen (secondary N) is 1. The van der Waals surface area contributed by atoms with E-state index in [2.05, 4.69) is 21.2 Å². The Hall–Kier alpha value is -1.32. The Morgan fingerprint density at radius 2 is 1.83 bits per heavy atom. The Labute approximate surface area is 119 Å². The predicted octanol–water partition coefficient (Wildman–Crippen LogP) is 4.66. The van der Waals surface area contributed by atoms with Gasteiger partial charge in [0.15, 0.2) is 0 Å². The second-order valence-electron chi connectivity index (χ2n) is 3.95. The summed E-state index contributed by atoms with van der Waals surface area (Å²) in [7, 11) is 0. The first kappa shape index (κ1) is 13.1. The molecular formula is C14H11BrClNO. The minimum atomic E-state index is -0.173. The molecule has 92 valence electrons. The lowest BCUT2D eigenvalue weighted by Gasteiger charge is -2.06. The number of hydrogen-bond donors (Lipinski definition) is 1. The zero-order valence-electron chi connectivity index (χ0n) is 9.71. The molecule has 1 N–H and O–H groups in total. The fourth-order valence-corrected chi connectivity index (χ4v) is 1.90. The van der Waals surface area contributed by atoms with Gasteiger partial charge in [-0.15, -0.1) is 0 Å². The zero-order valence-corrected chi connectivity index (χ0v) is 12.0. The van der Waals surface area contributed by atoms with Crippen LogP contribution in [0.25, 0.3) is 0 Å². The van der Waals surface area contributed by atoms with E-state index in [1.807, 2.05) is 31.2 Å². The van der Waals surface area contributed by atoms with E-state index in [1.54, 1.807) is 18.2 Å². The summed E-state index contributed by atoms with van der Waals surface area (Å²) in [6.07, 6.45) is 0. The summed E-state index contributed by atoms with van der Waals surface area (Å²) in [6, 6.07) is 12.7. The van der Waals surface area contributed by atoms with Crippen molar-refractivity contribution in [3.05, 3.63) is 63.1 Å². The quantitative estimate of drug-likeness (QED) is 0.855. The summed E-state index contributed by atoms with van der Waals surface area (Å²) in [5.41, 5.74) is 2.45. The van der Waals surface area contributed by atoms with Gasteiger partial charge in [-0.2, -0.15) is 0 Å². The van der Waals surface area contributed by atoms with Crippen molar-refractivity contribution in [1.29, 1.82) is 0 Å². The number of carbonyl (C=O) groups excluding carboxylic acids is 1. The summed E-state index contributed by atoms with van der Waals surface area (Å²) in [6.45, 7) is 2.00. The first-order valence-corrected chi connectivity index (χ1v) is 6.56. The van der Waals surface area contributed by atoms with Gasteiger partial charge in [-0.05, 0) is 53.2 Å². The molecule has 2 aromatic carbocycles. The van der Waals surface area contributed by atoms with Crippen molar-refractivity contribution in [2.45, 2.75) is 6.92 Å². The van der Waals surface area contributed by atoms with Gasteiger partial charge >= 0.3 is 0 Å². The summed E-state index contributed by atoms with van der Waals surface area (Å²) >= 11 is 9.24. The number of aryl methyl sites for hydroxylation is 1. The molecule has 0 radical (unpaired) electrons. The van der Waals surface area contributed by atoms with Gasteiger partial charge in [-0.1, -0.05) is 29.3 Å². The van der Waals surface area contributed by atoms with Crippen LogP contribution in [0.5, 0.6) is 0 Å². The molecule has 0 saturated carbocycles. The Balaban J connectivity index is 2.16. The van der Waals surface area contributed by atoms with Crippen LogP contribution in [0.15, 0.2) is 46.9 Å². The lowest BCUT2D eigenvalue weighted by Crippen LogP contribution is -2.11. The van der Waals surface area contributed by atoms with Gasteiger partial charge in [-0.3, -0.25) is 4.79 Å². The molecule has 0 atom stereocenters. The van der Waals surface area contributed by atoms with Gasteiger partial charge in [0.1, 0.15) is 0 Å². The van der Waals surface area contributed by atoms with Gasteiger partial charge in [0.05, 0.1) is 5.02 Å². The molecule has 0 aliphatic rings. The summed E-state index contributed by atoms with van der Waals surface area (Å²) < 4.78 is 0.774. The molecule has 0 saturated heterocycles. The molecule has 1 amide bonds. The number of rotatable bonds is 2. The van der Waals surface area contributed by atoms with Crippen LogP contribution in [0.4, 0.5) is 5.69 Å². The van der Waals surface area contributed by atoms with Gasteiger partial charge in [0.2, 0.25) is 0 Å². The third-order valence-corrected chi connectivity index (χ3v) is 3.72. The average Bonchev–Trinajstić information content (AvgIpc) is 2.35. The molecule has 4 heteroatoms. The maximum Gasteiger partial charge on any atom is 0.255 e. The Kier molecular flexibility index (Phi) is 4.04. The maximum atomic E-state index is 12.0. The van der Waals surface area contributed by atoms with Gasteiger partial charge in [0.25, 0.3) is 5.91 Å². The third-order valence-electron chi connectivity index (χ3n) is 2.49. The fraction of sp³-hybridized carbons (Fsp3) is 0.0714.